The lowest BCUT2D eigenvalue weighted by Crippen LogP contribution is -2.41. The van der Waals surface area contributed by atoms with Crippen molar-refractivity contribution >= 4 is 17.9 Å². The highest BCUT2D eigenvalue weighted by Gasteiger charge is 2.39. The van der Waals surface area contributed by atoms with Gasteiger partial charge in [-0.25, -0.2) is 14.4 Å². The summed E-state index contributed by atoms with van der Waals surface area (Å²) < 4.78 is 14.9. The number of allylic oxidation sites excluding steroid dienone is 3. The van der Waals surface area contributed by atoms with Crippen LogP contribution in [0, 0.1) is 0 Å². The fourth-order valence-corrected chi connectivity index (χ4v) is 2.24. The molecular weight excluding hydrogens is 378 g/mol. The summed E-state index contributed by atoms with van der Waals surface area (Å²) >= 11 is 0. The number of aliphatic hydroxyl groups excluding tert-OH is 1. The normalized spacial score (nSPS) is 16.9. The molecular formula is C21H29NO7. The summed E-state index contributed by atoms with van der Waals surface area (Å²) in [6.45, 7) is 14.6. The van der Waals surface area contributed by atoms with Gasteiger partial charge in [-0.1, -0.05) is 6.58 Å². The Balaban J connectivity index is 2.93. The number of hydrogen-bond acceptors (Lipinski definition) is 8. The van der Waals surface area contributed by atoms with E-state index < -0.39 is 29.3 Å². The third-order valence-corrected chi connectivity index (χ3v) is 3.73. The topological polar surface area (TPSA) is 102 Å². The quantitative estimate of drug-likeness (QED) is 0.226. The van der Waals surface area contributed by atoms with E-state index in [1.807, 2.05) is 25.7 Å². The highest BCUT2D eigenvalue weighted by Crippen LogP contribution is 2.23. The first-order chi connectivity index (χ1) is 13.3. The number of rotatable bonds is 7. The van der Waals surface area contributed by atoms with Gasteiger partial charge in [0.05, 0.1) is 6.61 Å². The molecule has 1 N–H and O–H groups in total. The van der Waals surface area contributed by atoms with Gasteiger partial charge in [-0.15, -0.1) is 0 Å². The molecule has 0 aliphatic carbocycles. The van der Waals surface area contributed by atoms with Crippen molar-refractivity contribution in [3.63, 3.8) is 0 Å². The van der Waals surface area contributed by atoms with Crippen molar-refractivity contribution in [1.82, 2.24) is 4.90 Å². The van der Waals surface area contributed by atoms with E-state index in [1.54, 1.807) is 13.1 Å². The van der Waals surface area contributed by atoms with Crippen molar-refractivity contribution in [2.24, 2.45) is 0 Å². The van der Waals surface area contributed by atoms with Crippen LogP contribution in [-0.4, -0.2) is 52.4 Å². The van der Waals surface area contributed by atoms with Crippen LogP contribution >= 0.6 is 0 Å². The molecule has 29 heavy (non-hydrogen) atoms. The second-order valence-electron chi connectivity index (χ2n) is 7.79. The molecule has 0 unspecified atom stereocenters. The fraction of sp³-hybridized carbons (Fsp3) is 0.476. The molecule has 0 saturated carbocycles. The Morgan fingerprint density at radius 1 is 1.24 bits per heavy atom. The van der Waals surface area contributed by atoms with Crippen molar-refractivity contribution in [2.45, 2.75) is 52.9 Å². The molecule has 160 valence electrons. The van der Waals surface area contributed by atoms with Gasteiger partial charge in [0.1, 0.15) is 11.3 Å². The highest BCUT2D eigenvalue weighted by molar-refractivity contribution is 6.15. The number of hydrogen-bond donors (Lipinski definition) is 1. The van der Waals surface area contributed by atoms with Crippen molar-refractivity contribution < 1.29 is 33.7 Å². The zero-order chi connectivity index (χ0) is 22.4. The first kappa shape index (κ1) is 24.0. The highest BCUT2D eigenvalue weighted by atomic mass is 16.7. The summed E-state index contributed by atoms with van der Waals surface area (Å²) in [5.74, 6) is -3.92. The molecule has 0 bridgehead atoms. The van der Waals surface area contributed by atoms with E-state index in [9.17, 15) is 19.5 Å². The molecule has 0 amide bonds. The smallest absolute Gasteiger partial charge is 0.348 e. The molecule has 1 fully saturated rings. The van der Waals surface area contributed by atoms with Crippen LogP contribution in [0.3, 0.4) is 0 Å². The van der Waals surface area contributed by atoms with Gasteiger partial charge in [0.2, 0.25) is 0 Å². The number of esters is 3. The van der Waals surface area contributed by atoms with Crippen molar-refractivity contribution in [2.75, 3.05) is 13.2 Å². The number of aliphatic hydroxyl groups is 1. The predicted octanol–water partition coefficient (Wildman–Crippen LogP) is 2.92. The third kappa shape index (κ3) is 7.48. The molecule has 8 heteroatoms. The molecule has 0 aromatic carbocycles. The summed E-state index contributed by atoms with van der Waals surface area (Å²) in [6, 6.07) is 0. The van der Waals surface area contributed by atoms with Crippen LogP contribution in [-0.2, 0) is 28.6 Å². The molecule has 0 aromatic heterocycles. The maximum atomic E-state index is 11.9. The Morgan fingerprint density at radius 3 is 2.28 bits per heavy atom. The number of carbonyl (C=O) groups is 3. The van der Waals surface area contributed by atoms with E-state index >= 15 is 0 Å². The van der Waals surface area contributed by atoms with Gasteiger partial charge in [-0.05, 0) is 39.8 Å². The van der Waals surface area contributed by atoms with Crippen LogP contribution in [0.1, 0.15) is 41.5 Å². The Morgan fingerprint density at radius 2 is 1.79 bits per heavy atom. The third-order valence-electron chi connectivity index (χ3n) is 3.73. The van der Waals surface area contributed by atoms with Crippen LogP contribution in [0.4, 0.5) is 0 Å². The van der Waals surface area contributed by atoms with E-state index in [1.165, 1.54) is 26.0 Å². The minimum atomic E-state index is -1.35. The molecule has 1 rings (SSSR count). The molecule has 0 radical (unpaired) electrons. The summed E-state index contributed by atoms with van der Waals surface area (Å²) in [7, 11) is 0. The summed E-state index contributed by atoms with van der Waals surface area (Å²) in [4.78, 5) is 37.4. The van der Waals surface area contributed by atoms with Crippen LogP contribution in [0.2, 0.25) is 0 Å². The minimum absolute atomic E-state index is 0.224. The molecule has 1 saturated heterocycles. The Labute approximate surface area is 171 Å². The number of nitrogens with zero attached hydrogens (tertiary/aromatic N) is 1. The second kappa shape index (κ2) is 9.45. The van der Waals surface area contributed by atoms with Gasteiger partial charge in [-0.2, -0.15) is 0 Å². The summed E-state index contributed by atoms with van der Waals surface area (Å²) in [5, 5.41) is 10.0. The Hall–Kier alpha value is -3.03. The lowest BCUT2D eigenvalue weighted by atomic mass is 10.1. The fourth-order valence-electron chi connectivity index (χ4n) is 2.24. The Bertz CT molecular complexity index is 744. The monoisotopic (exact) mass is 407 g/mol. The van der Waals surface area contributed by atoms with E-state index in [0.29, 0.717) is 0 Å². The average molecular weight is 407 g/mol. The lowest BCUT2D eigenvalue weighted by molar-refractivity contribution is -0.222. The molecule has 0 aromatic rings. The summed E-state index contributed by atoms with van der Waals surface area (Å²) in [6.07, 6.45) is 5.43. The van der Waals surface area contributed by atoms with Crippen molar-refractivity contribution in [3.05, 3.63) is 47.9 Å². The van der Waals surface area contributed by atoms with Crippen molar-refractivity contribution in [1.29, 1.82) is 0 Å². The van der Waals surface area contributed by atoms with Crippen LogP contribution in [0.5, 0.6) is 0 Å². The lowest BCUT2D eigenvalue weighted by Gasteiger charge is -2.35. The first-order valence-corrected chi connectivity index (χ1v) is 9.14. The first-order valence-electron chi connectivity index (χ1n) is 9.14. The molecule has 1 heterocycles. The van der Waals surface area contributed by atoms with E-state index in [-0.39, 0.29) is 30.0 Å². The standard InChI is InChI=1S/C21H29NO7/c1-8-27-17(24)14(2)13-22(20(3,4)5)11-9-10-15(23)12-16-18(25)28-21(6,7)29-19(16)26/h9-12,23H,2,8,13H2,1,3-7H3/b11-9+,15-10-. The van der Waals surface area contributed by atoms with Gasteiger partial charge in [0.15, 0.2) is 0 Å². The van der Waals surface area contributed by atoms with Crippen LogP contribution in [0.25, 0.3) is 0 Å². The van der Waals surface area contributed by atoms with E-state index in [2.05, 4.69) is 6.58 Å². The zero-order valence-corrected chi connectivity index (χ0v) is 17.8. The molecule has 0 spiro atoms. The largest absolute Gasteiger partial charge is 0.508 e. The average Bonchev–Trinajstić information content (AvgIpc) is 2.55. The van der Waals surface area contributed by atoms with Gasteiger partial charge in [-0.3, -0.25) is 0 Å². The maximum absolute atomic E-state index is 11.9. The SMILES string of the molecule is C=C(CN(/C=C/C=C(\O)C=C1C(=O)OC(C)(C)OC1=O)C(C)(C)C)C(=O)OCC. The molecule has 8 nitrogen and oxygen atoms in total. The number of ether oxygens (including phenoxy) is 3. The Kier molecular flexibility index (Phi) is 7.82. The van der Waals surface area contributed by atoms with Crippen LogP contribution in [0.15, 0.2) is 47.9 Å². The van der Waals surface area contributed by atoms with Gasteiger partial charge < -0.3 is 24.2 Å². The zero-order valence-electron chi connectivity index (χ0n) is 17.8. The van der Waals surface area contributed by atoms with Crippen molar-refractivity contribution in [3.8, 4) is 0 Å². The van der Waals surface area contributed by atoms with Crippen LogP contribution < -0.4 is 0 Å². The van der Waals surface area contributed by atoms with Gasteiger partial charge in [0, 0.05) is 43.8 Å². The number of cyclic esters (lactones) is 2. The molecule has 0 atom stereocenters. The van der Waals surface area contributed by atoms with Gasteiger partial charge in [0.25, 0.3) is 5.79 Å². The maximum Gasteiger partial charge on any atom is 0.348 e. The van der Waals surface area contributed by atoms with E-state index in [4.69, 9.17) is 14.2 Å². The molecule has 1 aliphatic heterocycles. The minimum Gasteiger partial charge on any atom is -0.508 e. The second-order valence-corrected chi connectivity index (χ2v) is 7.79. The van der Waals surface area contributed by atoms with Gasteiger partial charge >= 0.3 is 17.9 Å². The number of carbonyl (C=O) groups excluding carboxylic acids is 3. The molecule has 1 aliphatic rings. The predicted molar refractivity (Wildman–Crippen MR) is 106 cm³/mol. The van der Waals surface area contributed by atoms with E-state index in [0.717, 1.165) is 6.08 Å². The summed E-state index contributed by atoms with van der Waals surface area (Å²) in [5.41, 5.74) is -0.469.